The van der Waals surface area contributed by atoms with Crippen molar-refractivity contribution in [2.75, 3.05) is 6.79 Å². The summed E-state index contributed by atoms with van der Waals surface area (Å²) in [5.41, 5.74) is 0.864. The third-order valence-electron chi connectivity index (χ3n) is 1.65. The second kappa shape index (κ2) is 2.41. The average Bonchev–Trinajstić information content (AvgIpc) is 2.47. The maximum atomic E-state index is 10.6. The molecule has 0 aromatic heterocycles. The van der Waals surface area contributed by atoms with Crippen LogP contribution in [0.25, 0.3) is 0 Å². The van der Waals surface area contributed by atoms with Crippen LogP contribution >= 0.6 is 0 Å². The molecule has 0 spiro atoms. The zero-order chi connectivity index (χ0) is 8.55. The van der Waals surface area contributed by atoms with E-state index in [2.05, 4.69) is 0 Å². The van der Waals surface area contributed by atoms with Crippen LogP contribution in [-0.2, 0) is 14.3 Å². The molecule has 1 N–H and O–H groups in total. The lowest BCUT2D eigenvalue weighted by Gasteiger charge is -2.14. The van der Waals surface area contributed by atoms with Gasteiger partial charge in [-0.25, -0.2) is 4.79 Å². The number of allylic oxidation sites excluding steroid dienone is 1. The molecule has 0 aromatic rings. The number of hydrogen-bond donors (Lipinski definition) is 1. The van der Waals surface area contributed by atoms with Gasteiger partial charge in [0.25, 0.3) is 0 Å². The molecule has 0 saturated carbocycles. The van der Waals surface area contributed by atoms with Crippen LogP contribution in [0.4, 0.5) is 0 Å². The van der Waals surface area contributed by atoms with E-state index in [0.29, 0.717) is 11.3 Å². The van der Waals surface area contributed by atoms with E-state index < -0.39 is 5.97 Å². The summed E-state index contributed by atoms with van der Waals surface area (Å²) in [6.07, 6.45) is 4.64. The van der Waals surface area contributed by atoms with Gasteiger partial charge in [0.1, 0.15) is 11.3 Å². The number of carboxylic acids is 1. The molecule has 1 aliphatic carbocycles. The highest BCUT2D eigenvalue weighted by atomic mass is 16.7. The lowest BCUT2D eigenvalue weighted by molar-refractivity contribution is -0.132. The minimum atomic E-state index is -0.980. The van der Waals surface area contributed by atoms with E-state index >= 15 is 0 Å². The fraction of sp³-hybridized carbons (Fsp3) is 0.125. The smallest absolute Gasteiger partial charge is 0.339 e. The van der Waals surface area contributed by atoms with Gasteiger partial charge in [-0.15, -0.1) is 0 Å². The lowest BCUT2D eigenvalue weighted by Crippen LogP contribution is -2.08. The zero-order valence-electron chi connectivity index (χ0n) is 6.11. The van der Waals surface area contributed by atoms with Crippen LogP contribution in [0.15, 0.2) is 35.3 Å². The van der Waals surface area contributed by atoms with Gasteiger partial charge in [0, 0.05) is 0 Å². The van der Waals surface area contributed by atoms with Gasteiger partial charge in [0.05, 0.1) is 11.8 Å². The van der Waals surface area contributed by atoms with Crippen LogP contribution in [0.1, 0.15) is 0 Å². The molecule has 0 aromatic carbocycles. The van der Waals surface area contributed by atoms with Crippen molar-refractivity contribution in [1.82, 2.24) is 0 Å². The van der Waals surface area contributed by atoms with Gasteiger partial charge in [-0.2, -0.15) is 0 Å². The third-order valence-corrected chi connectivity index (χ3v) is 1.65. The molecular formula is C8H6O4. The number of aliphatic carboxylic acids is 1. The highest BCUT2D eigenvalue weighted by Crippen LogP contribution is 2.28. The standard InChI is InChI=1S/C8H6O4/c9-8(10)6-2-1-5-3-11-4-12-7(5)6/h1-3H,4H2,(H,9,10). The molecule has 4 heteroatoms. The highest BCUT2D eigenvalue weighted by Gasteiger charge is 2.23. The second-order valence-corrected chi connectivity index (χ2v) is 2.38. The number of ether oxygens (including phenoxy) is 2. The molecule has 0 bridgehead atoms. The van der Waals surface area contributed by atoms with Gasteiger partial charge >= 0.3 is 5.97 Å². The van der Waals surface area contributed by atoms with Crippen molar-refractivity contribution in [2.45, 2.75) is 0 Å². The normalized spacial score (nSPS) is 19.5. The van der Waals surface area contributed by atoms with Gasteiger partial charge < -0.3 is 14.6 Å². The Morgan fingerprint density at radius 1 is 1.50 bits per heavy atom. The largest absolute Gasteiger partial charge is 0.478 e. The predicted molar refractivity (Wildman–Crippen MR) is 38.9 cm³/mol. The van der Waals surface area contributed by atoms with Crippen molar-refractivity contribution in [3.63, 3.8) is 0 Å². The summed E-state index contributed by atoms with van der Waals surface area (Å²) in [5.74, 6) is -0.583. The fourth-order valence-corrected chi connectivity index (χ4v) is 1.12. The van der Waals surface area contributed by atoms with Crippen LogP contribution in [-0.4, -0.2) is 17.9 Å². The van der Waals surface area contributed by atoms with Gasteiger partial charge in [0.2, 0.25) is 6.79 Å². The maximum Gasteiger partial charge on any atom is 0.339 e. The van der Waals surface area contributed by atoms with Crippen LogP contribution < -0.4 is 0 Å². The first-order valence-corrected chi connectivity index (χ1v) is 3.39. The molecule has 12 heavy (non-hydrogen) atoms. The molecule has 1 aliphatic heterocycles. The maximum absolute atomic E-state index is 10.6. The number of carboxylic acid groups (broad SMARTS) is 1. The average molecular weight is 166 g/mol. The van der Waals surface area contributed by atoms with Gasteiger partial charge in [-0.3, -0.25) is 0 Å². The van der Waals surface area contributed by atoms with Crippen molar-refractivity contribution in [1.29, 1.82) is 0 Å². The summed E-state index contributed by atoms with van der Waals surface area (Å²) < 4.78 is 9.87. The molecule has 2 aliphatic rings. The van der Waals surface area contributed by atoms with Gasteiger partial charge in [0.15, 0.2) is 0 Å². The van der Waals surface area contributed by atoms with E-state index in [-0.39, 0.29) is 12.4 Å². The van der Waals surface area contributed by atoms with Crippen LogP contribution in [0.3, 0.4) is 0 Å². The molecule has 0 atom stereocenters. The number of fused-ring (bicyclic) bond motifs is 1. The number of rotatable bonds is 1. The Morgan fingerprint density at radius 3 is 3.08 bits per heavy atom. The van der Waals surface area contributed by atoms with Crippen molar-refractivity contribution in [3.05, 3.63) is 35.3 Å². The third kappa shape index (κ3) is 0.887. The number of hydrogen-bond acceptors (Lipinski definition) is 3. The van der Waals surface area contributed by atoms with Crippen LogP contribution in [0, 0.1) is 0 Å². The van der Waals surface area contributed by atoms with Crippen LogP contribution in [0.2, 0.25) is 0 Å². The fourth-order valence-electron chi connectivity index (χ4n) is 1.12. The monoisotopic (exact) mass is 166 g/mol. The Bertz CT molecular complexity index is 322. The van der Waals surface area contributed by atoms with Crippen molar-refractivity contribution in [3.8, 4) is 0 Å². The van der Waals surface area contributed by atoms with E-state index in [9.17, 15) is 4.79 Å². The first-order chi connectivity index (χ1) is 5.79. The first kappa shape index (κ1) is 6.97. The predicted octanol–water partition coefficient (Wildman–Crippen LogP) is 0.783. The molecule has 0 unspecified atom stereocenters. The quantitative estimate of drug-likeness (QED) is 0.625. The van der Waals surface area contributed by atoms with E-state index in [0.717, 1.165) is 0 Å². The Balaban J connectivity index is 2.45. The topological polar surface area (TPSA) is 55.8 Å². The SMILES string of the molecule is O=C(O)C1=C2OCOC=C2C=C1. The summed E-state index contributed by atoms with van der Waals surface area (Å²) in [7, 11) is 0. The summed E-state index contributed by atoms with van der Waals surface area (Å²) in [5, 5.41) is 8.70. The molecule has 4 nitrogen and oxygen atoms in total. The molecule has 2 rings (SSSR count). The zero-order valence-corrected chi connectivity index (χ0v) is 6.11. The van der Waals surface area contributed by atoms with E-state index in [1.165, 1.54) is 12.3 Å². The van der Waals surface area contributed by atoms with E-state index in [1.54, 1.807) is 6.08 Å². The molecule has 0 radical (unpaired) electrons. The molecule has 62 valence electrons. The van der Waals surface area contributed by atoms with Gasteiger partial charge in [-0.1, -0.05) is 0 Å². The van der Waals surface area contributed by atoms with Crippen molar-refractivity contribution >= 4 is 5.97 Å². The van der Waals surface area contributed by atoms with Crippen LogP contribution in [0.5, 0.6) is 0 Å². The van der Waals surface area contributed by atoms with Gasteiger partial charge in [-0.05, 0) is 12.2 Å². The first-order valence-electron chi connectivity index (χ1n) is 3.39. The Labute approximate surface area is 68.4 Å². The van der Waals surface area contributed by atoms with E-state index in [4.69, 9.17) is 14.6 Å². The van der Waals surface area contributed by atoms with Crippen molar-refractivity contribution in [2.24, 2.45) is 0 Å². The minimum Gasteiger partial charge on any atom is -0.478 e. The highest BCUT2D eigenvalue weighted by molar-refractivity contribution is 5.93. The lowest BCUT2D eigenvalue weighted by atomic mass is 10.2. The second-order valence-electron chi connectivity index (χ2n) is 2.38. The minimum absolute atomic E-state index is 0.0806. The molecular weight excluding hydrogens is 160 g/mol. The Morgan fingerprint density at radius 2 is 2.33 bits per heavy atom. The van der Waals surface area contributed by atoms with E-state index in [1.807, 2.05) is 0 Å². The Kier molecular flexibility index (Phi) is 1.40. The molecule has 0 saturated heterocycles. The molecule has 1 heterocycles. The molecule has 0 fully saturated rings. The summed E-state index contributed by atoms with van der Waals surface area (Å²) in [6.45, 7) is 0.0806. The Hall–Kier alpha value is -1.71. The van der Waals surface area contributed by atoms with Crippen molar-refractivity contribution < 1.29 is 19.4 Å². The number of carbonyl (C=O) groups is 1. The summed E-state index contributed by atoms with van der Waals surface area (Å²) in [6, 6.07) is 0. The summed E-state index contributed by atoms with van der Waals surface area (Å²) in [4.78, 5) is 10.6. The molecule has 0 amide bonds. The summed E-state index contributed by atoms with van der Waals surface area (Å²) >= 11 is 0.